The number of oxime groups is 1. The number of aromatic nitrogens is 3. The number of benzene rings is 1. The number of carbonyl (C=O) groups is 1. The summed E-state index contributed by atoms with van der Waals surface area (Å²) in [7, 11) is 4.28. The van der Waals surface area contributed by atoms with E-state index in [0.717, 1.165) is 6.26 Å². The molecule has 1 aromatic carbocycles. The SMILES string of the molecule is CC[C@H]1OC(=O)[C@H](C)[C@@H](O[C@H]2C[C@@](C)(OC)[C@@H](O)[C@H](C)O2)[C@H](C)[C@@H](O[C@@H]2O[C@H](C)C[C@H](N(C)CCc3cn([C@H](CF)[C@H](OC)c4ccc(S(C)(=O)=O)cc4)nn3)[C@H]2O)[C@](C)(OC)C[C@@H](C)/C(=N\OC)[C@H](C)[C@@H](O)[C@]1(C)O. The Bertz CT molecular complexity index is 2310. The predicted molar refractivity (Wildman–Crippen MR) is 277 cm³/mol. The fourth-order valence-corrected chi connectivity index (χ4v) is 12.2. The van der Waals surface area contributed by atoms with E-state index < -0.39 is 143 Å². The van der Waals surface area contributed by atoms with Crippen LogP contribution in [-0.2, 0) is 63.8 Å². The second kappa shape index (κ2) is 26.3. The van der Waals surface area contributed by atoms with E-state index in [9.17, 15) is 38.0 Å². The molecule has 0 bridgehead atoms. The van der Waals surface area contributed by atoms with Gasteiger partial charge in [0.2, 0.25) is 0 Å². The minimum Gasteiger partial charge on any atom is -0.459 e. The second-order valence-corrected chi connectivity index (χ2v) is 24.1. The monoisotopic (exact) mass is 1100 g/mol. The molecule has 4 N–H and O–H groups in total. The summed E-state index contributed by atoms with van der Waals surface area (Å²) in [4.78, 5) is 22.1. The van der Waals surface area contributed by atoms with Gasteiger partial charge in [-0.3, -0.25) is 4.79 Å². The molecular formula is C53H88FN5O16S. The molecule has 434 valence electrons. The van der Waals surface area contributed by atoms with Crippen LogP contribution < -0.4 is 0 Å². The topological polar surface area (TPSA) is 262 Å². The highest BCUT2D eigenvalue weighted by Gasteiger charge is 2.54. The summed E-state index contributed by atoms with van der Waals surface area (Å²) >= 11 is 0. The third-order valence-corrected chi connectivity index (χ3v) is 17.6. The largest absolute Gasteiger partial charge is 0.459 e. The Labute approximate surface area is 448 Å². The van der Waals surface area contributed by atoms with Crippen LogP contribution >= 0.6 is 0 Å². The zero-order valence-corrected chi connectivity index (χ0v) is 48.2. The number of nitrogens with zero attached hydrogens (tertiary/aromatic N) is 5. The first-order valence-electron chi connectivity index (χ1n) is 26.4. The lowest BCUT2D eigenvalue weighted by Gasteiger charge is -2.50. The van der Waals surface area contributed by atoms with Crippen molar-refractivity contribution in [2.24, 2.45) is 28.8 Å². The lowest BCUT2D eigenvalue weighted by molar-refractivity contribution is -0.319. The Balaban J connectivity index is 1.49. The van der Waals surface area contributed by atoms with Gasteiger partial charge in [0.1, 0.15) is 49.8 Å². The molecule has 3 aliphatic heterocycles. The van der Waals surface area contributed by atoms with Gasteiger partial charge in [-0.1, -0.05) is 50.2 Å². The first-order valence-corrected chi connectivity index (χ1v) is 28.2. The summed E-state index contributed by atoms with van der Waals surface area (Å²) in [5.74, 6) is -3.92. The number of sulfone groups is 1. The lowest BCUT2D eigenvalue weighted by atomic mass is 9.73. The van der Waals surface area contributed by atoms with E-state index in [0.29, 0.717) is 36.4 Å². The van der Waals surface area contributed by atoms with Crippen molar-refractivity contribution in [2.75, 3.05) is 55.0 Å². The molecule has 20 atom stereocenters. The van der Waals surface area contributed by atoms with Gasteiger partial charge in [-0.2, -0.15) is 0 Å². The Hall–Kier alpha value is -3.30. The number of rotatable bonds is 18. The number of aliphatic hydroxyl groups is 4. The molecule has 1 aromatic heterocycles. The molecule has 0 unspecified atom stereocenters. The Morgan fingerprint density at radius 3 is 2.14 bits per heavy atom. The Morgan fingerprint density at radius 2 is 1.58 bits per heavy atom. The van der Waals surface area contributed by atoms with Gasteiger partial charge in [-0.05, 0) is 85.5 Å². The summed E-state index contributed by atoms with van der Waals surface area (Å²) in [5.41, 5.74) is -2.82. The normalized spacial score (nSPS) is 38.8. The summed E-state index contributed by atoms with van der Waals surface area (Å²) in [6, 6.07) is 4.66. The highest BCUT2D eigenvalue weighted by molar-refractivity contribution is 7.90. The van der Waals surface area contributed by atoms with E-state index in [1.807, 2.05) is 39.6 Å². The maximum atomic E-state index is 14.8. The number of carbonyl (C=O) groups excluding carboxylic acids is 1. The van der Waals surface area contributed by atoms with E-state index in [4.69, 9.17) is 42.7 Å². The highest BCUT2D eigenvalue weighted by atomic mass is 32.2. The number of esters is 1. The van der Waals surface area contributed by atoms with Crippen LogP contribution in [0, 0.1) is 23.7 Å². The van der Waals surface area contributed by atoms with Crippen molar-refractivity contribution >= 4 is 21.5 Å². The fourth-order valence-electron chi connectivity index (χ4n) is 11.6. The van der Waals surface area contributed by atoms with Gasteiger partial charge in [0.05, 0.1) is 63.9 Å². The first-order chi connectivity index (χ1) is 35.5. The lowest BCUT2D eigenvalue weighted by Crippen LogP contribution is -2.61. The number of aliphatic hydroxyl groups excluding tert-OH is 3. The molecule has 0 amide bonds. The number of likely N-dealkylation sites (N-methyl/N-ethyl adjacent to an activating group) is 1. The fraction of sp³-hybridized carbons (Fsp3) is 0.811. The maximum absolute atomic E-state index is 14.8. The third-order valence-electron chi connectivity index (χ3n) is 16.4. The van der Waals surface area contributed by atoms with Crippen molar-refractivity contribution < 1.29 is 80.8 Å². The predicted octanol–water partition coefficient (Wildman–Crippen LogP) is 4.38. The van der Waals surface area contributed by atoms with Crippen LogP contribution in [-0.4, -0.2) is 200 Å². The standard InChI is InChI=1S/C53H88FN5O16S/c1-17-40-53(10,64)46(61)31(4)42(56-70-15)29(2)25-52(9,69-14)48(32(5)44(33(6)49(63)73-40)74-41-26-51(8,68-13)47(62)34(7)72-41)75-50-43(60)38(24-30(3)71-50)58(11)23-22-36-28-59(57-55-36)39(27-54)45(67-12)35-18-20-37(21-19-35)76(16,65)66/h18-21,28-34,38-41,43-48,50,60-62,64H,17,22-27H2,1-16H3/b56-42+/t29-,30-,31+,32+,33-,34+,38+,39-,40-,41+,43-,44+,45-,46-,47+,48-,50+,51-,52-,53-/m1/s1. The van der Waals surface area contributed by atoms with Crippen LogP contribution in [0.2, 0.25) is 0 Å². The van der Waals surface area contributed by atoms with Crippen molar-refractivity contribution in [3.63, 3.8) is 0 Å². The van der Waals surface area contributed by atoms with Crippen LogP contribution in [0.1, 0.15) is 118 Å². The third kappa shape index (κ3) is 14.2. The molecule has 3 aliphatic rings. The molecule has 3 fully saturated rings. The summed E-state index contributed by atoms with van der Waals surface area (Å²) in [6.07, 6.45) is -7.32. The van der Waals surface area contributed by atoms with E-state index >= 15 is 0 Å². The van der Waals surface area contributed by atoms with Gasteiger partial charge in [0.15, 0.2) is 22.4 Å². The molecule has 21 nitrogen and oxygen atoms in total. The van der Waals surface area contributed by atoms with Crippen LogP contribution in [0.5, 0.6) is 0 Å². The molecule has 0 spiro atoms. The highest BCUT2D eigenvalue weighted by Crippen LogP contribution is 2.42. The van der Waals surface area contributed by atoms with Crippen molar-refractivity contribution in [1.29, 1.82) is 0 Å². The second-order valence-electron chi connectivity index (χ2n) is 22.1. The number of alkyl halides is 1. The van der Waals surface area contributed by atoms with E-state index in [1.165, 1.54) is 52.2 Å². The Kier molecular flexibility index (Phi) is 22.0. The van der Waals surface area contributed by atoms with Crippen molar-refractivity contribution in [3.05, 3.63) is 41.7 Å². The summed E-state index contributed by atoms with van der Waals surface area (Å²) < 4.78 is 91.2. The Morgan fingerprint density at radius 1 is 0.934 bits per heavy atom. The number of cyclic esters (lactones) is 1. The van der Waals surface area contributed by atoms with E-state index in [-0.39, 0.29) is 24.2 Å². The van der Waals surface area contributed by atoms with Crippen LogP contribution in [0.15, 0.2) is 40.5 Å². The molecule has 4 heterocycles. The van der Waals surface area contributed by atoms with Gasteiger partial charge in [0, 0.05) is 77.0 Å². The molecule has 3 saturated heterocycles. The summed E-state index contributed by atoms with van der Waals surface area (Å²) in [5, 5.41) is 60.5. The first kappa shape index (κ1) is 63.5. The molecule has 0 saturated carbocycles. The van der Waals surface area contributed by atoms with E-state index in [2.05, 4.69) is 15.5 Å². The zero-order chi connectivity index (χ0) is 56.8. The van der Waals surface area contributed by atoms with Crippen molar-refractivity contribution in [3.8, 4) is 0 Å². The molecule has 23 heteroatoms. The van der Waals surface area contributed by atoms with Crippen molar-refractivity contribution in [1.82, 2.24) is 19.9 Å². The number of halogens is 1. The average Bonchev–Trinajstić information content (AvgIpc) is 3.85. The molecule has 2 aromatic rings. The van der Waals surface area contributed by atoms with Crippen molar-refractivity contribution in [2.45, 2.75) is 203 Å². The number of hydrogen-bond acceptors (Lipinski definition) is 20. The van der Waals surface area contributed by atoms with Gasteiger partial charge >= 0.3 is 5.97 Å². The zero-order valence-electron chi connectivity index (χ0n) is 47.4. The van der Waals surface area contributed by atoms with Gasteiger partial charge in [-0.15, -0.1) is 5.10 Å². The van der Waals surface area contributed by atoms with Gasteiger partial charge in [-0.25, -0.2) is 17.5 Å². The minimum absolute atomic E-state index is 0.0804. The number of hydrogen-bond donors (Lipinski definition) is 4. The average molecular weight is 1100 g/mol. The maximum Gasteiger partial charge on any atom is 0.311 e. The molecular weight excluding hydrogens is 1010 g/mol. The smallest absolute Gasteiger partial charge is 0.311 e. The molecule has 76 heavy (non-hydrogen) atoms. The number of methoxy groups -OCH3 is 3. The van der Waals surface area contributed by atoms with Gasteiger partial charge < -0.3 is 68.1 Å². The number of ether oxygens (including phenoxy) is 8. The van der Waals surface area contributed by atoms with Gasteiger partial charge in [0.25, 0.3) is 0 Å². The van der Waals surface area contributed by atoms with Crippen LogP contribution in [0.4, 0.5) is 4.39 Å². The van der Waals surface area contributed by atoms with Crippen LogP contribution in [0.25, 0.3) is 0 Å². The molecule has 0 radical (unpaired) electrons. The van der Waals surface area contributed by atoms with Crippen LogP contribution in [0.3, 0.4) is 0 Å². The summed E-state index contributed by atoms with van der Waals surface area (Å²) in [6.45, 7) is 17.0. The molecule has 5 rings (SSSR count). The molecule has 0 aliphatic carbocycles. The minimum atomic E-state index is -3.44. The quantitative estimate of drug-likeness (QED) is 0.119. The van der Waals surface area contributed by atoms with E-state index in [1.54, 1.807) is 52.9 Å².